The molecular formula is C19H26Cl2N2O4. The van der Waals surface area contributed by atoms with Crippen LogP contribution in [0.4, 0.5) is 0 Å². The normalized spacial score (nSPS) is 29.5. The van der Waals surface area contributed by atoms with Gasteiger partial charge in [0.1, 0.15) is 0 Å². The van der Waals surface area contributed by atoms with Gasteiger partial charge in [-0.2, -0.15) is 0 Å². The second kappa shape index (κ2) is 9.54. The molecule has 6 nitrogen and oxygen atoms in total. The molecule has 0 radical (unpaired) electrons. The number of halogens is 2. The van der Waals surface area contributed by atoms with Crippen LogP contribution in [0.2, 0.25) is 10.0 Å². The van der Waals surface area contributed by atoms with Crippen LogP contribution in [0.15, 0.2) is 18.2 Å². The molecule has 2 aliphatic rings. The van der Waals surface area contributed by atoms with Crippen molar-refractivity contribution in [2.75, 3.05) is 26.8 Å². The minimum Gasteiger partial charge on any atom is -0.389 e. The van der Waals surface area contributed by atoms with Crippen molar-refractivity contribution >= 4 is 29.1 Å². The smallest absolute Gasteiger partial charge is 0.222 e. The van der Waals surface area contributed by atoms with Crippen LogP contribution in [-0.2, 0) is 20.8 Å². The lowest BCUT2D eigenvalue weighted by molar-refractivity contribution is -0.158. The zero-order valence-corrected chi connectivity index (χ0v) is 16.9. The number of ether oxygens (including phenoxy) is 2. The molecule has 3 rings (SSSR count). The lowest BCUT2D eigenvalue weighted by Gasteiger charge is -2.44. The Bertz CT molecular complexity index is 661. The number of amides is 1. The van der Waals surface area contributed by atoms with Crippen LogP contribution in [0.1, 0.15) is 24.8 Å². The average Bonchev–Trinajstić information content (AvgIpc) is 2.63. The summed E-state index contributed by atoms with van der Waals surface area (Å²) in [7, 11) is 1.63. The van der Waals surface area contributed by atoms with Gasteiger partial charge in [-0.25, -0.2) is 0 Å². The van der Waals surface area contributed by atoms with Gasteiger partial charge in [0.05, 0.1) is 48.0 Å². The van der Waals surface area contributed by atoms with Crippen molar-refractivity contribution in [2.24, 2.45) is 0 Å². The van der Waals surface area contributed by atoms with E-state index in [0.29, 0.717) is 36.2 Å². The molecule has 27 heavy (non-hydrogen) atoms. The van der Waals surface area contributed by atoms with Gasteiger partial charge < -0.3 is 19.9 Å². The Morgan fingerprint density at radius 1 is 1.30 bits per heavy atom. The first-order valence-electron chi connectivity index (χ1n) is 9.26. The van der Waals surface area contributed by atoms with Crippen molar-refractivity contribution in [3.8, 4) is 0 Å². The average molecular weight is 417 g/mol. The SMILES string of the molecule is CNC(=O)C[C@H]1CC[C@H]2[C@@H](COC[C@H](O)CN2Cc2ccc(Cl)c(Cl)c2)O1. The first-order chi connectivity index (χ1) is 13.0. The molecule has 0 bridgehead atoms. The lowest BCUT2D eigenvalue weighted by Crippen LogP contribution is -2.55. The predicted molar refractivity (Wildman–Crippen MR) is 104 cm³/mol. The first kappa shape index (κ1) is 20.8. The Morgan fingerprint density at radius 3 is 2.85 bits per heavy atom. The van der Waals surface area contributed by atoms with Crippen LogP contribution in [0.5, 0.6) is 0 Å². The summed E-state index contributed by atoms with van der Waals surface area (Å²) in [6.45, 7) is 1.80. The molecule has 0 saturated carbocycles. The Kier molecular flexibility index (Phi) is 7.36. The van der Waals surface area contributed by atoms with Crippen LogP contribution >= 0.6 is 23.2 Å². The molecular weight excluding hydrogens is 391 g/mol. The van der Waals surface area contributed by atoms with Crippen molar-refractivity contribution < 1.29 is 19.4 Å². The van der Waals surface area contributed by atoms with Gasteiger partial charge in [-0.3, -0.25) is 9.69 Å². The highest BCUT2D eigenvalue weighted by Gasteiger charge is 2.37. The Morgan fingerprint density at radius 2 is 2.11 bits per heavy atom. The largest absolute Gasteiger partial charge is 0.389 e. The van der Waals surface area contributed by atoms with Crippen molar-refractivity contribution in [3.05, 3.63) is 33.8 Å². The van der Waals surface area contributed by atoms with Gasteiger partial charge in [0, 0.05) is 26.2 Å². The van der Waals surface area contributed by atoms with Gasteiger partial charge in [-0.15, -0.1) is 0 Å². The fraction of sp³-hybridized carbons (Fsp3) is 0.632. The van der Waals surface area contributed by atoms with E-state index in [1.54, 1.807) is 13.1 Å². The van der Waals surface area contributed by atoms with E-state index in [1.807, 2.05) is 12.1 Å². The van der Waals surface area contributed by atoms with Crippen LogP contribution in [-0.4, -0.2) is 67.1 Å². The number of rotatable bonds is 4. The molecule has 8 heteroatoms. The van der Waals surface area contributed by atoms with Crippen LogP contribution in [0.25, 0.3) is 0 Å². The number of fused-ring (bicyclic) bond motifs is 1. The van der Waals surface area contributed by atoms with Gasteiger partial charge in [0.2, 0.25) is 5.91 Å². The number of carbonyl (C=O) groups is 1. The Balaban J connectivity index is 1.73. The molecule has 2 N–H and O–H groups in total. The van der Waals surface area contributed by atoms with Crippen LogP contribution in [0.3, 0.4) is 0 Å². The van der Waals surface area contributed by atoms with E-state index in [9.17, 15) is 9.90 Å². The van der Waals surface area contributed by atoms with E-state index >= 15 is 0 Å². The van der Waals surface area contributed by atoms with Crippen molar-refractivity contribution in [3.63, 3.8) is 0 Å². The number of carbonyl (C=O) groups excluding carboxylic acids is 1. The zero-order chi connectivity index (χ0) is 19.4. The molecule has 0 aromatic heterocycles. The molecule has 2 aliphatic heterocycles. The van der Waals surface area contributed by atoms with E-state index in [-0.39, 0.29) is 30.8 Å². The lowest BCUT2D eigenvalue weighted by atomic mass is 9.94. The second-order valence-corrected chi connectivity index (χ2v) is 8.00. The van der Waals surface area contributed by atoms with Crippen LogP contribution in [0, 0.1) is 0 Å². The van der Waals surface area contributed by atoms with Gasteiger partial charge in [-0.1, -0.05) is 29.3 Å². The van der Waals surface area contributed by atoms with E-state index in [2.05, 4.69) is 10.2 Å². The van der Waals surface area contributed by atoms with Crippen molar-refractivity contribution in [1.29, 1.82) is 0 Å². The standard InChI is InChI=1S/C19H26Cl2N2O4/c1-22-19(25)7-14-3-5-17-18(27-14)11-26-10-13(24)9-23(17)8-12-2-4-15(20)16(21)6-12/h2,4,6,13-14,17-18,24H,3,5,7-11H2,1H3,(H,22,25)/t13-,14-,17+,18-/m1/s1. The molecule has 0 unspecified atom stereocenters. The molecule has 1 amide bonds. The number of benzene rings is 1. The number of nitrogens with one attached hydrogen (secondary N) is 1. The minimum atomic E-state index is -0.558. The minimum absolute atomic E-state index is 0.0201. The Hall–Kier alpha value is -0.890. The van der Waals surface area contributed by atoms with Crippen LogP contribution < -0.4 is 5.32 Å². The van der Waals surface area contributed by atoms with E-state index in [0.717, 1.165) is 18.4 Å². The maximum atomic E-state index is 11.7. The third-order valence-electron chi connectivity index (χ3n) is 5.15. The molecule has 2 heterocycles. The fourth-order valence-corrected chi connectivity index (χ4v) is 4.13. The quantitative estimate of drug-likeness (QED) is 0.787. The number of hydrogen-bond acceptors (Lipinski definition) is 5. The molecule has 0 spiro atoms. The first-order valence-corrected chi connectivity index (χ1v) is 10.0. The molecule has 1 aromatic rings. The summed E-state index contributed by atoms with van der Waals surface area (Å²) in [6, 6.07) is 5.70. The number of aliphatic hydroxyl groups excluding tert-OH is 1. The maximum absolute atomic E-state index is 11.7. The third-order valence-corrected chi connectivity index (χ3v) is 5.89. The summed E-state index contributed by atoms with van der Waals surface area (Å²) >= 11 is 12.2. The van der Waals surface area contributed by atoms with Gasteiger partial charge in [0.15, 0.2) is 0 Å². The number of nitrogens with zero attached hydrogens (tertiary/aromatic N) is 1. The molecule has 4 atom stereocenters. The number of aliphatic hydroxyl groups is 1. The zero-order valence-electron chi connectivity index (χ0n) is 15.4. The monoisotopic (exact) mass is 416 g/mol. The van der Waals surface area contributed by atoms with Gasteiger partial charge in [0.25, 0.3) is 0 Å². The Labute approximate surface area is 169 Å². The maximum Gasteiger partial charge on any atom is 0.222 e. The third kappa shape index (κ3) is 5.56. The molecule has 150 valence electrons. The van der Waals surface area contributed by atoms with E-state index in [4.69, 9.17) is 32.7 Å². The topological polar surface area (TPSA) is 71.0 Å². The highest BCUT2D eigenvalue weighted by molar-refractivity contribution is 6.42. The highest BCUT2D eigenvalue weighted by atomic mass is 35.5. The predicted octanol–water partition coefficient (Wildman–Crippen LogP) is 2.24. The van der Waals surface area contributed by atoms with Crippen molar-refractivity contribution in [2.45, 2.75) is 50.2 Å². The van der Waals surface area contributed by atoms with E-state index < -0.39 is 6.10 Å². The van der Waals surface area contributed by atoms with Gasteiger partial charge in [-0.05, 0) is 30.5 Å². The molecule has 2 fully saturated rings. The summed E-state index contributed by atoms with van der Waals surface area (Å²) in [5.41, 5.74) is 1.03. The molecule has 2 saturated heterocycles. The molecule has 0 aliphatic carbocycles. The summed E-state index contributed by atoms with van der Waals surface area (Å²) in [4.78, 5) is 13.9. The summed E-state index contributed by atoms with van der Waals surface area (Å²) < 4.78 is 11.8. The summed E-state index contributed by atoms with van der Waals surface area (Å²) in [5, 5.41) is 13.9. The summed E-state index contributed by atoms with van der Waals surface area (Å²) in [5.74, 6) is -0.0201. The molecule has 1 aromatic carbocycles. The fourth-order valence-electron chi connectivity index (χ4n) is 3.81. The van der Waals surface area contributed by atoms with Gasteiger partial charge >= 0.3 is 0 Å². The van der Waals surface area contributed by atoms with Crippen molar-refractivity contribution in [1.82, 2.24) is 10.2 Å². The van der Waals surface area contributed by atoms with E-state index in [1.165, 1.54) is 0 Å². The second-order valence-electron chi connectivity index (χ2n) is 7.19. The number of β-amino-alcohol motifs (C(OH)–C–C–N with tert-alkyl or cyclic N) is 1. The summed E-state index contributed by atoms with van der Waals surface area (Å²) in [6.07, 6.45) is 1.23. The number of hydrogen-bond donors (Lipinski definition) is 2. The highest BCUT2D eigenvalue weighted by Crippen LogP contribution is 2.30.